The molecule has 2 aliphatic heterocycles. The summed E-state index contributed by atoms with van der Waals surface area (Å²) in [5.74, 6) is 1.75. The number of nitrogens with one attached hydrogen (secondary N) is 3. The van der Waals surface area contributed by atoms with Gasteiger partial charge in [-0.2, -0.15) is 13.7 Å². The predicted octanol–water partition coefficient (Wildman–Crippen LogP) is 1.82. The molecule has 1 saturated carbocycles. The summed E-state index contributed by atoms with van der Waals surface area (Å²) in [7, 11) is -3.88. The van der Waals surface area contributed by atoms with Crippen molar-refractivity contribution in [1.82, 2.24) is 20.5 Å². The van der Waals surface area contributed by atoms with Gasteiger partial charge in [-0.1, -0.05) is 19.9 Å². The van der Waals surface area contributed by atoms with Crippen molar-refractivity contribution >= 4 is 16.1 Å². The molecule has 1 amide bonds. The molecule has 1 saturated heterocycles. The minimum absolute atomic E-state index is 0.115. The van der Waals surface area contributed by atoms with E-state index in [9.17, 15) is 18.5 Å². The van der Waals surface area contributed by atoms with Crippen LogP contribution in [0.5, 0.6) is 0 Å². The average Bonchev–Trinajstić information content (AvgIpc) is 2.84. The monoisotopic (exact) mass is 502 g/mol. The third-order valence-corrected chi connectivity index (χ3v) is 8.80. The van der Waals surface area contributed by atoms with E-state index in [1.54, 1.807) is 0 Å². The number of rotatable bonds is 7. The maximum Gasteiger partial charge on any atom is 0.287 e. The second kappa shape index (κ2) is 10.5. The molecule has 0 aromatic heterocycles. The second-order valence-electron chi connectivity index (χ2n) is 10.7. The van der Waals surface area contributed by atoms with Crippen LogP contribution in [0.1, 0.15) is 75.1 Å². The van der Waals surface area contributed by atoms with Crippen molar-refractivity contribution in [3.63, 3.8) is 0 Å². The largest absolute Gasteiger partial charge is 0.333 e. The molecule has 2 fully saturated rings. The average molecular weight is 503 g/mol. The molecule has 1 unspecified atom stereocenters. The summed E-state index contributed by atoms with van der Waals surface area (Å²) in [6, 6.07) is 8.01. The molecule has 2 heterocycles. The number of hydrazine groups is 1. The van der Waals surface area contributed by atoms with Gasteiger partial charge in [-0.25, -0.2) is 10.6 Å². The third-order valence-electron chi connectivity index (χ3n) is 8.38. The van der Waals surface area contributed by atoms with Gasteiger partial charge in [-0.3, -0.25) is 4.79 Å². The van der Waals surface area contributed by atoms with Gasteiger partial charge in [0.2, 0.25) is 5.91 Å². The maximum absolute atomic E-state index is 14.3. The summed E-state index contributed by atoms with van der Waals surface area (Å²) < 4.78 is 22.6. The number of nitriles is 1. The third kappa shape index (κ3) is 5.39. The number of benzene rings is 1. The number of nitrogens with zero attached hydrogens (tertiary/aromatic N) is 2. The number of amides is 1. The van der Waals surface area contributed by atoms with E-state index in [0.717, 1.165) is 49.9 Å². The van der Waals surface area contributed by atoms with Gasteiger partial charge in [0.15, 0.2) is 0 Å². The molecule has 1 spiro atoms. The lowest BCUT2D eigenvalue weighted by atomic mass is 9.63. The van der Waals surface area contributed by atoms with Crippen molar-refractivity contribution in [2.75, 3.05) is 26.2 Å². The fraction of sp³-hybridized carbons (Fsp3) is 0.680. The van der Waals surface area contributed by atoms with E-state index in [1.165, 1.54) is 0 Å². The highest BCUT2D eigenvalue weighted by molar-refractivity contribution is 7.87. The van der Waals surface area contributed by atoms with Crippen molar-refractivity contribution in [1.29, 1.82) is 5.26 Å². The molecule has 1 aromatic carbocycles. The van der Waals surface area contributed by atoms with Crippen molar-refractivity contribution in [2.24, 2.45) is 22.9 Å². The second-order valence-corrected chi connectivity index (χ2v) is 12.0. The number of carbonyl (C=O) groups excluding carboxylic acids is 1. The standard InChI is InChI=1S/C25H38N6O3S/c1-17(2)19-4-6-20(7-5-19)23-21-15-18(16-26)3-8-22(21)25(9-11-28-12-10-25)24(32)31(23)14-13-29-30-35(27,33)34/h3,8,15,17,19-20,23,28-30H,4-7,9-14H2,1-2H3,(H2,27,33,34). The lowest BCUT2D eigenvalue weighted by Crippen LogP contribution is -2.59. The van der Waals surface area contributed by atoms with E-state index in [1.807, 2.05) is 23.1 Å². The van der Waals surface area contributed by atoms with Crippen LogP contribution in [0.3, 0.4) is 0 Å². The van der Waals surface area contributed by atoms with Crippen LogP contribution < -0.4 is 20.7 Å². The molecular weight excluding hydrogens is 464 g/mol. The molecule has 9 nitrogen and oxygen atoms in total. The number of hydrogen-bond donors (Lipinski definition) is 4. The van der Waals surface area contributed by atoms with Crippen LogP contribution in [0.25, 0.3) is 0 Å². The summed E-state index contributed by atoms with van der Waals surface area (Å²) in [6.45, 7) is 6.66. The first-order chi connectivity index (χ1) is 16.7. The lowest BCUT2D eigenvalue weighted by molar-refractivity contribution is -0.145. The van der Waals surface area contributed by atoms with E-state index in [0.29, 0.717) is 42.7 Å². The Morgan fingerprint density at radius 3 is 2.51 bits per heavy atom. The zero-order valence-electron chi connectivity index (χ0n) is 20.7. The van der Waals surface area contributed by atoms with Gasteiger partial charge < -0.3 is 10.2 Å². The number of fused-ring (bicyclic) bond motifs is 2. The molecule has 0 radical (unpaired) electrons. The summed E-state index contributed by atoms with van der Waals surface area (Å²) in [5, 5.41) is 18.1. The Labute approximate surface area is 209 Å². The Hall–Kier alpha value is -2.03. The molecule has 1 aliphatic carbocycles. The Bertz CT molecular complexity index is 1070. The van der Waals surface area contributed by atoms with Gasteiger partial charge in [0, 0.05) is 13.1 Å². The fourth-order valence-electron chi connectivity index (χ4n) is 6.54. The van der Waals surface area contributed by atoms with Gasteiger partial charge in [0.05, 0.1) is 23.1 Å². The molecule has 5 N–H and O–H groups in total. The van der Waals surface area contributed by atoms with Crippen molar-refractivity contribution < 1.29 is 13.2 Å². The first-order valence-corrected chi connectivity index (χ1v) is 14.3. The minimum atomic E-state index is -3.88. The minimum Gasteiger partial charge on any atom is -0.333 e. The Morgan fingerprint density at radius 2 is 1.91 bits per heavy atom. The summed E-state index contributed by atoms with van der Waals surface area (Å²) >= 11 is 0. The zero-order chi connectivity index (χ0) is 25.2. The summed E-state index contributed by atoms with van der Waals surface area (Å²) in [5.41, 5.74) is 4.82. The van der Waals surface area contributed by atoms with E-state index in [-0.39, 0.29) is 18.5 Å². The van der Waals surface area contributed by atoms with Gasteiger partial charge in [0.1, 0.15) is 0 Å². The van der Waals surface area contributed by atoms with Crippen molar-refractivity contribution in [2.45, 2.75) is 63.8 Å². The van der Waals surface area contributed by atoms with Crippen molar-refractivity contribution in [3.05, 3.63) is 34.9 Å². The highest BCUT2D eigenvalue weighted by Gasteiger charge is 2.52. The molecule has 1 atom stereocenters. The maximum atomic E-state index is 14.3. The SMILES string of the molecule is CC(C)C1CCC(C2c3cc(C#N)ccc3C3(CCNCC3)C(=O)N2CCNNS(N)(=O)=O)CC1. The molecule has 1 aromatic rings. The predicted molar refractivity (Wildman–Crippen MR) is 134 cm³/mol. The van der Waals surface area contributed by atoms with Crippen LogP contribution in [0.4, 0.5) is 0 Å². The highest BCUT2D eigenvalue weighted by Crippen LogP contribution is 2.51. The zero-order valence-corrected chi connectivity index (χ0v) is 21.5. The van der Waals surface area contributed by atoms with Crippen molar-refractivity contribution in [3.8, 4) is 6.07 Å². The Kier molecular flexibility index (Phi) is 7.83. The topological polar surface area (TPSA) is 140 Å². The van der Waals surface area contributed by atoms with Crippen LogP contribution in [0.2, 0.25) is 0 Å². The first-order valence-electron chi connectivity index (χ1n) is 12.7. The van der Waals surface area contributed by atoms with Crippen LogP contribution >= 0.6 is 0 Å². The van der Waals surface area contributed by atoms with E-state index < -0.39 is 15.6 Å². The Balaban J connectivity index is 1.72. The van der Waals surface area contributed by atoms with Crippen LogP contribution in [0, 0.1) is 29.1 Å². The van der Waals surface area contributed by atoms with Gasteiger partial charge in [-0.15, -0.1) is 4.83 Å². The van der Waals surface area contributed by atoms with Crippen LogP contribution in [-0.2, 0) is 20.4 Å². The Morgan fingerprint density at radius 1 is 1.23 bits per heavy atom. The number of carbonyl (C=O) groups is 1. The van der Waals surface area contributed by atoms with Crippen LogP contribution in [-0.4, -0.2) is 45.4 Å². The summed E-state index contributed by atoms with van der Waals surface area (Å²) in [6.07, 6.45) is 5.74. The van der Waals surface area contributed by atoms with E-state index in [2.05, 4.69) is 35.5 Å². The molecular formula is C25H38N6O3S. The molecule has 3 aliphatic rings. The molecule has 192 valence electrons. The van der Waals surface area contributed by atoms with Crippen LogP contribution in [0.15, 0.2) is 18.2 Å². The molecule has 10 heteroatoms. The first kappa shape index (κ1) is 26.0. The normalized spacial score (nSPS) is 26.5. The fourth-order valence-corrected chi connectivity index (χ4v) is 6.84. The summed E-state index contributed by atoms with van der Waals surface area (Å²) in [4.78, 5) is 18.3. The van der Waals surface area contributed by atoms with Gasteiger partial charge >= 0.3 is 0 Å². The van der Waals surface area contributed by atoms with Gasteiger partial charge in [-0.05, 0) is 92.6 Å². The van der Waals surface area contributed by atoms with E-state index >= 15 is 0 Å². The van der Waals surface area contributed by atoms with E-state index in [4.69, 9.17) is 5.14 Å². The lowest BCUT2D eigenvalue weighted by Gasteiger charge is -2.52. The molecule has 4 rings (SSSR count). The highest BCUT2D eigenvalue weighted by atomic mass is 32.2. The number of hydrogen-bond acceptors (Lipinski definition) is 6. The molecule has 0 bridgehead atoms. The van der Waals surface area contributed by atoms with Gasteiger partial charge in [0.25, 0.3) is 10.2 Å². The molecule has 35 heavy (non-hydrogen) atoms. The number of nitrogens with two attached hydrogens (primary N) is 1. The number of piperidine rings is 1. The quantitative estimate of drug-likeness (QED) is 0.331. The smallest absolute Gasteiger partial charge is 0.287 e.